The quantitative estimate of drug-likeness (QED) is 0.307. The van der Waals surface area contributed by atoms with Gasteiger partial charge in [-0.3, -0.25) is 5.43 Å². The van der Waals surface area contributed by atoms with Gasteiger partial charge >= 0.3 is 0 Å². The number of fused-ring (bicyclic) bond motifs is 2. The Morgan fingerprint density at radius 3 is 2.41 bits per heavy atom. The molecule has 1 N–H and O–H groups in total. The number of rotatable bonds is 4. The molecule has 4 aromatic rings. The normalized spacial score (nSPS) is 15.5. The van der Waals surface area contributed by atoms with Crippen molar-refractivity contribution in [2.45, 2.75) is 12.8 Å². The zero-order valence-corrected chi connectivity index (χ0v) is 16.3. The van der Waals surface area contributed by atoms with Crippen LogP contribution in [0, 0.1) is 0 Å². The Balaban J connectivity index is 1.63. The van der Waals surface area contributed by atoms with Gasteiger partial charge in [0.05, 0.1) is 11.9 Å². The van der Waals surface area contributed by atoms with Gasteiger partial charge in [-0.1, -0.05) is 90.5 Å². The number of hydrazone groups is 1. The zero-order valence-electron chi connectivity index (χ0n) is 16.3. The molecule has 0 fully saturated rings. The fraction of sp³-hybridized carbons (Fsp3) is 0.0741. The summed E-state index contributed by atoms with van der Waals surface area (Å²) in [5.74, 6) is 0.258. The summed E-state index contributed by atoms with van der Waals surface area (Å²) in [7, 11) is 0. The molecule has 140 valence electrons. The number of hydrogen-bond acceptors (Lipinski definition) is 2. The molecule has 0 radical (unpaired) electrons. The first-order chi connectivity index (χ1) is 14.3. The van der Waals surface area contributed by atoms with Crippen molar-refractivity contribution in [3.63, 3.8) is 0 Å². The van der Waals surface area contributed by atoms with Crippen LogP contribution in [0.15, 0.2) is 102 Å². The summed E-state index contributed by atoms with van der Waals surface area (Å²) in [6.45, 7) is 2.23. The van der Waals surface area contributed by atoms with Crippen molar-refractivity contribution in [1.29, 1.82) is 0 Å². The van der Waals surface area contributed by atoms with Crippen LogP contribution in [0.1, 0.15) is 35.1 Å². The molecule has 1 atom stereocenters. The SMILES string of the molecule is CC1=Cc2ccccc2C1c1ccc2ccccc2c1/C=N/Nc1ccccc1. The van der Waals surface area contributed by atoms with Crippen molar-refractivity contribution >= 4 is 28.8 Å². The van der Waals surface area contributed by atoms with E-state index >= 15 is 0 Å². The fourth-order valence-corrected chi connectivity index (χ4v) is 4.28. The second-order valence-corrected chi connectivity index (χ2v) is 7.48. The van der Waals surface area contributed by atoms with E-state index in [9.17, 15) is 0 Å². The highest BCUT2D eigenvalue weighted by Gasteiger charge is 2.26. The van der Waals surface area contributed by atoms with Gasteiger partial charge in [0.1, 0.15) is 0 Å². The van der Waals surface area contributed by atoms with E-state index in [0.717, 1.165) is 5.69 Å². The Hall–Kier alpha value is -3.65. The third kappa shape index (κ3) is 3.23. The molecule has 0 saturated heterocycles. The summed E-state index contributed by atoms with van der Waals surface area (Å²) < 4.78 is 0. The van der Waals surface area contributed by atoms with E-state index < -0.39 is 0 Å². The monoisotopic (exact) mass is 374 g/mol. The molecule has 2 nitrogen and oxygen atoms in total. The van der Waals surface area contributed by atoms with Gasteiger partial charge in [0, 0.05) is 11.5 Å². The molecule has 29 heavy (non-hydrogen) atoms. The van der Waals surface area contributed by atoms with E-state index in [1.165, 1.54) is 38.6 Å². The van der Waals surface area contributed by atoms with Gasteiger partial charge < -0.3 is 0 Å². The maximum atomic E-state index is 4.58. The first kappa shape index (κ1) is 17.4. The third-order valence-corrected chi connectivity index (χ3v) is 5.62. The van der Waals surface area contributed by atoms with Gasteiger partial charge in [0.25, 0.3) is 0 Å². The van der Waals surface area contributed by atoms with Crippen LogP contribution in [0.4, 0.5) is 5.69 Å². The summed E-state index contributed by atoms with van der Waals surface area (Å²) in [4.78, 5) is 0. The number of anilines is 1. The third-order valence-electron chi connectivity index (χ3n) is 5.62. The number of allylic oxidation sites excluding steroid dienone is 1. The van der Waals surface area contributed by atoms with Crippen LogP contribution in [-0.2, 0) is 0 Å². The molecule has 0 saturated carbocycles. The van der Waals surface area contributed by atoms with Crippen LogP contribution in [0.5, 0.6) is 0 Å². The average molecular weight is 374 g/mol. The fourth-order valence-electron chi connectivity index (χ4n) is 4.28. The Labute approximate surface area is 171 Å². The van der Waals surface area contributed by atoms with Crippen molar-refractivity contribution in [3.05, 3.63) is 119 Å². The van der Waals surface area contributed by atoms with Crippen LogP contribution in [0.2, 0.25) is 0 Å². The van der Waals surface area contributed by atoms with E-state index in [1.807, 2.05) is 36.5 Å². The van der Waals surface area contributed by atoms with Crippen LogP contribution >= 0.6 is 0 Å². The molecule has 0 bridgehead atoms. The second kappa shape index (κ2) is 7.40. The van der Waals surface area contributed by atoms with Crippen LogP contribution < -0.4 is 5.43 Å². The van der Waals surface area contributed by atoms with Gasteiger partial charge in [-0.05, 0) is 46.5 Å². The maximum absolute atomic E-state index is 4.58. The lowest BCUT2D eigenvalue weighted by atomic mass is 9.84. The highest BCUT2D eigenvalue weighted by atomic mass is 15.3. The van der Waals surface area contributed by atoms with E-state index in [2.05, 4.69) is 84.2 Å². The molecular formula is C27H22N2. The van der Waals surface area contributed by atoms with Crippen molar-refractivity contribution in [2.75, 3.05) is 5.43 Å². The Kier molecular flexibility index (Phi) is 4.45. The molecule has 5 rings (SSSR count). The number of nitrogens with zero attached hydrogens (tertiary/aromatic N) is 1. The summed E-state index contributed by atoms with van der Waals surface area (Å²) in [6, 6.07) is 31.7. The Morgan fingerprint density at radius 2 is 1.52 bits per heavy atom. The average Bonchev–Trinajstić information content (AvgIpc) is 3.10. The van der Waals surface area contributed by atoms with Crippen molar-refractivity contribution < 1.29 is 0 Å². The summed E-state index contributed by atoms with van der Waals surface area (Å²) in [5.41, 5.74) is 10.6. The smallest absolute Gasteiger partial charge is 0.0561 e. The van der Waals surface area contributed by atoms with Crippen LogP contribution in [0.3, 0.4) is 0 Å². The van der Waals surface area contributed by atoms with Gasteiger partial charge in [-0.25, -0.2) is 0 Å². The molecule has 1 aliphatic rings. The first-order valence-corrected chi connectivity index (χ1v) is 9.94. The first-order valence-electron chi connectivity index (χ1n) is 9.94. The Bertz CT molecular complexity index is 1240. The zero-order chi connectivity index (χ0) is 19.6. The molecule has 1 unspecified atom stereocenters. The molecule has 1 aliphatic carbocycles. The standard InChI is InChI=1S/C27H22N2/c1-19-17-21-10-6-8-14-24(21)27(19)25-16-15-20-9-5-7-13-23(20)26(25)18-28-29-22-11-3-2-4-12-22/h2-18,27,29H,1H3/b28-18+. The maximum Gasteiger partial charge on any atom is 0.0561 e. The lowest BCUT2D eigenvalue weighted by Crippen LogP contribution is -2.05. The van der Waals surface area contributed by atoms with Crippen molar-refractivity contribution in [3.8, 4) is 0 Å². The topological polar surface area (TPSA) is 24.4 Å². The van der Waals surface area contributed by atoms with E-state index in [1.54, 1.807) is 0 Å². The van der Waals surface area contributed by atoms with Gasteiger partial charge in [-0.2, -0.15) is 5.10 Å². The molecular weight excluding hydrogens is 352 g/mol. The van der Waals surface area contributed by atoms with Crippen molar-refractivity contribution in [1.82, 2.24) is 0 Å². The summed E-state index contributed by atoms with van der Waals surface area (Å²) in [5, 5.41) is 7.03. The largest absolute Gasteiger partial charge is 0.279 e. The van der Waals surface area contributed by atoms with Gasteiger partial charge in [0.15, 0.2) is 0 Å². The van der Waals surface area contributed by atoms with E-state index in [-0.39, 0.29) is 5.92 Å². The van der Waals surface area contributed by atoms with E-state index in [0.29, 0.717) is 0 Å². The van der Waals surface area contributed by atoms with Crippen LogP contribution in [-0.4, -0.2) is 6.21 Å². The lowest BCUT2D eigenvalue weighted by molar-refractivity contribution is 0.977. The van der Waals surface area contributed by atoms with Gasteiger partial charge in [-0.15, -0.1) is 0 Å². The number of benzene rings is 4. The molecule has 4 aromatic carbocycles. The highest BCUT2D eigenvalue weighted by molar-refractivity contribution is 6.02. The predicted octanol–water partition coefficient (Wildman–Crippen LogP) is 6.83. The number of hydrogen-bond donors (Lipinski definition) is 1. The van der Waals surface area contributed by atoms with Crippen molar-refractivity contribution in [2.24, 2.45) is 5.10 Å². The lowest BCUT2D eigenvalue weighted by Gasteiger charge is -2.19. The predicted molar refractivity (Wildman–Crippen MR) is 124 cm³/mol. The summed E-state index contributed by atoms with van der Waals surface area (Å²) in [6.07, 6.45) is 4.28. The summed E-state index contributed by atoms with van der Waals surface area (Å²) >= 11 is 0. The molecule has 2 heteroatoms. The van der Waals surface area contributed by atoms with Crippen LogP contribution in [0.25, 0.3) is 16.8 Å². The van der Waals surface area contributed by atoms with E-state index in [4.69, 9.17) is 0 Å². The molecule has 0 amide bonds. The number of para-hydroxylation sites is 1. The highest BCUT2D eigenvalue weighted by Crippen LogP contribution is 2.42. The number of nitrogens with one attached hydrogen (secondary N) is 1. The second-order valence-electron chi connectivity index (χ2n) is 7.48. The minimum atomic E-state index is 0.258. The minimum absolute atomic E-state index is 0.258. The molecule has 0 spiro atoms. The molecule has 0 heterocycles. The van der Waals surface area contributed by atoms with Gasteiger partial charge in [0.2, 0.25) is 0 Å². The molecule has 0 aromatic heterocycles. The molecule has 0 aliphatic heterocycles. The minimum Gasteiger partial charge on any atom is -0.279 e. The Morgan fingerprint density at radius 1 is 0.759 bits per heavy atom.